The molecule has 1 aliphatic rings. The first-order valence-corrected chi connectivity index (χ1v) is 9.58. The lowest BCUT2D eigenvalue weighted by molar-refractivity contribution is 0.0954. The van der Waals surface area contributed by atoms with Gasteiger partial charge in [0.2, 0.25) is 0 Å². The minimum absolute atomic E-state index is 0.0477. The standard InChI is InChI=1S/C21H26N4O3/c26-20(23-11-7-16-2-1-10-22-14-16)18-5-3-17(4-6-18)15-25-12-8-19(9-13-25)24-21(27)28/h1-6,10,14,19,24H,7-9,11-13,15H2,(H,23,26)(H,27,28). The van der Waals surface area contributed by atoms with E-state index in [1.165, 1.54) is 0 Å². The summed E-state index contributed by atoms with van der Waals surface area (Å²) in [5, 5.41) is 14.3. The third-order valence-electron chi connectivity index (χ3n) is 4.96. The van der Waals surface area contributed by atoms with Crippen LogP contribution in [0.1, 0.15) is 34.3 Å². The van der Waals surface area contributed by atoms with Crippen molar-refractivity contribution in [1.82, 2.24) is 20.5 Å². The molecule has 2 amide bonds. The number of hydrogen-bond donors (Lipinski definition) is 3. The van der Waals surface area contributed by atoms with Gasteiger partial charge in [0.05, 0.1) is 0 Å². The van der Waals surface area contributed by atoms with Gasteiger partial charge in [-0.2, -0.15) is 0 Å². The summed E-state index contributed by atoms with van der Waals surface area (Å²) in [5.41, 5.74) is 2.90. The second-order valence-corrected chi connectivity index (χ2v) is 7.06. The van der Waals surface area contributed by atoms with E-state index < -0.39 is 6.09 Å². The van der Waals surface area contributed by atoms with Crippen molar-refractivity contribution in [2.75, 3.05) is 19.6 Å². The first-order chi connectivity index (χ1) is 13.6. The van der Waals surface area contributed by atoms with Gasteiger partial charge < -0.3 is 15.7 Å². The molecule has 3 N–H and O–H groups in total. The lowest BCUT2D eigenvalue weighted by atomic mass is 10.0. The molecule has 0 unspecified atom stereocenters. The summed E-state index contributed by atoms with van der Waals surface area (Å²) in [5.74, 6) is -0.0731. The molecular weight excluding hydrogens is 356 g/mol. The number of rotatable bonds is 7. The second-order valence-electron chi connectivity index (χ2n) is 7.06. The van der Waals surface area contributed by atoms with Crippen LogP contribution in [-0.4, -0.2) is 52.7 Å². The van der Waals surface area contributed by atoms with Crippen LogP contribution in [0, 0.1) is 0 Å². The molecule has 0 atom stereocenters. The molecule has 0 bridgehead atoms. The Balaban J connectivity index is 1.42. The molecule has 148 valence electrons. The Labute approximate surface area is 164 Å². The number of nitrogens with zero attached hydrogens (tertiary/aromatic N) is 2. The molecule has 7 heteroatoms. The Bertz CT molecular complexity index is 772. The summed E-state index contributed by atoms with van der Waals surface area (Å²) in [6.45, 7) is 3.11. The third kappa shape index (κ3) is 6.06. The summed E-state index contributed by atoms with van der Waals surface area (Å²) in [6, 6.07) is 11.6. The molecule has 0 spiro atoms. The van der Waals surface area contributed by atoms with Crippen molar-refractivity contribution in [1.29, 1.82) is 0 Å². The van der Waals surface area contributed by atoms with Gasteiger partial charge in [-0.1, -0.05) is 18.2 Å². The zero-order valence-corrected chi connectivity index (χ0v) is 15.8. The molecular formula is C21H26N4O3. The molecule has 0 radical (unpaired) electrons. The predicted octanol–water partition coefficient (Wildman–Crippen LogP) is 2.29. The highest BCUT2D eigenvalue weighted by molar-refractivity contribution is 5.94. The van der Waals surface area contributed by atoms with Crippen molar-refractivity contribution in [2.45, 2.75) is 31.8 Å². The Hall–Kier alpha value is -2.93. The van der Waals surface area contributed by atoms with Crippen LogP contribution in [0.4, 0.5) is 4.79 Å². The van der Waals surface area contributed by atoms with Crippen LogP contribution >= 0.6 is 0 Å². The average Bonchev–Trinajstić information content (AvgIpc) is 2.70. The maximum Gasteiger partial charge on any atom is 0.404 e. The van der Waals surface area contributed by atoms with E-state index in [2.05, 4.69) is 20.5 Å². The average molecular weight is 382 g/mol. The van der Waals surface area contributed by atoms with E-state index in [1.54, 1.807) is 6.20 Å². The van der Waals surface area contributed by atoms with Gasteiger partial charge in [-0.15, -0.1) is 0 Å². The first-order valence-electron chi connectivity index (χ1n) is 9.58. The third-order valence-corrected chi connectivity index (χ3v) is 4.96. The normalized spacial score (nSPS) is 15.1. The van der Waals surface area contributed by atoms with Gasteiger partial charge in [0, 0.05) is 50.2 Å². The van der Waals surface area contributed by atoms with Crippen LogP contribution in [0.25, 0.3) is 0 Å². The SMILES string of the molecule is O=C(O)NC1CCN(Cc2ccc(C(=O)NCCc3cccnc3)cc2)CC1. The van der Waals surface area contributed by atoms with Crippen molar-refractivity contribution in [3.63, 3.8) is 0 Å². The second kappa shape index (κ2) is 9.85. The number of aromatic nitrogens is 1. The highest BCUT2D eigenvalue weighted by Crippen LogP contribution is 2.14. The fourth-order valence-corrected chi connectivity index (χ4v) is 3.40. The maximum absolute atomic E-state index is 12.3. The molecule has 1 aromatic carbocycles. The molecule has 7 nitrogen and oxygen atoms in total. The minimum atomic E-state index is -0.951. The molecule has 1 aromatic heterocycles. The largest absolute Gasteiger partial charge is 0.465 e. The smallest absolute Gasteiger partial charge is 0.404 e. The number of likely N-dealkylation sites (tertiary alicyclic amines) is 1. The number of carboxylic acid groups (broad SMARTS) is 1. The van der Waals surface area contributed by atoms with Crippen LogP contribution in [0.5, 0.6) is 0 Å². The van der Waals surface area contributed by atoms with Gasteiger partial charge >= 0.3 is 6.09 Å². The molecule has 3 rings (SSSR count). The van der Waals surface area contributed by atoms with Crippen LogP contribution in [0.15, 0.2) is 48.8 Å². The fourth-order valence-electron chi connectivity index (χ4n) is 3.40. The number of hydrogen-bond acceptors (Lipinski definition) is 4. The lowest BCUT2D eigenvalue weighted by Crippen LogP contribution is -2.43. The van der Waals surface area contributed by atoms with Crippen molar-refractivity contribution in [3.05, 3.63) is 65.5 Å². The zero-order chi connectivity index (χ0) is 19.8. The lowest BCUT2D eigenvalue weighted by Gasteiger charge is -2.31. The van der Waals surface area contributed by atoms with Gasteiger partial charge in [-0.25, -0.2) is 4.79 Å². The van der Waals surface area contributed by atoms with E-state index in [9.17, 15) is 9.59 Å². The summed E-state index contributed by atoms with van der Waals surface area (Å²) in [7, 11) is 0. The Morgan fingerprint density at radius 3 is 2.50 bits per heavy atom. The molecule has 1 aliphatic heterocycles. The van der Waals surface area contributed by atoms with Crippen molar-refractivity contribution in [2.24, 2.45) is 0 Å². The predicted molar refractivity (Wildman–Crippen MR) is 106 cm³/mol. The van der Waals surface area contributed by atoms with Crippen molar-refractivity contribution in [3.8, 4) is 0 Å². The number of amides is 2. The number of carbonyl (C=O) groups excluding carboxylic acids is 1. The van der Waals surface area contributed by atoms with E-state index in [1.807, 2.05) is 42.6 Å². The van der Waals surface area contributed by atoms with Crippen LogP contribution in [-0.2, 0) is 13.0 Å². The highest BCUT2D eigenvalue weighted by Gasteiger charge is 2.20. The van der Waals surface area contributed by atoms with E-state index in [4.69, 9.17) is 5.11 Å². The van der Waals surface area contributed by atoms with Gasteiger partial charge in [-0.05, 0) is 48.6 Å². The number of nitrogens with one attached hydrogen (secondary N) is 2. The maximum atomic E-state index is 12.3. The van der Waals surface area contributed by atoms with Gasteiger partial charge in [0.1, 0.15) is 0 Å². The molecule has 2 heterocycles. The van der Waals surface area contributed by atoms with Crippen molar-refractivity contribution >= 4 is 12.0 Å². The summed E-state index contributed by atoms with van der Waals surface area (Å²) in [4.78, 5) is 29.4. The zero-order valence-electron chi connectivity index (χ0n) is 15.8. The van der Waals surface area contributed by atoms with E-state index in [0.29, 0.717) is 12.1 Å². The number of pyridine rings is 1. The molecule has 1 fully saturated rings. The molecule has 2 aromatic rings. The number of carbonyl (C=O) groups is 2. The highest BCUT2D eigenvalue weighted by atomic mass is 16.4. The van der Waals surface area contributed by atoms with Crippen LogP contribution < -0.4 is 10.6 Å². The topological polar surface area (TPSA) is 94.6 Å². The molecule has 28 heavy (non-hydrogen) atoms. The Kier molecular flexibility index (Phi) is 6.97. The summed E-state index contributed by atoms with van der Waals surface area (Å²) in [6.07, 6.45) is 4.99. The molecule has 0 saturated carbocycles. The van der Waals surface area contributed by atoms with Crippen LogP contribution in [0.2, 0.25) is 0 Å². The van der Waals surface area contributed by atoms with Gasteiger partial charge in [-0.3, -0.25) is 14.7 Å². The fraction of sp³-hybridized carbons (Fsp3) is 0.381. The Morgan fingerprint density at radius 2 is 1.86 bits per heavy atom. The number of piperidine rings is 1. The summed E-state index contributed by atoms with van der Waals surface area (Å²) >= 11 is 0. The van der Waals surface area contributed by atoms with Gasteiger partial charge in [0.15, 0.2) is 0 Å². The van der Waals surface area contributed by atoms with E-state index in [-0.39, 0.29) is 11.9 Å². The van der Waals surface area contributed by atoms with E-state index >= 15 is 0 Å². The van der Waals surface area contributed by atoms with Crippen LogP contribution in [0.3, 0.4) is 0 Å². The summed E-state index contributed by atoms with van der Waals surface area (Å²) < 4.78 is 0. The monoisotopic (exact) mass is 382 g/mol. The first kappa shape index (κ1) is 19.8. The minimum Gasteiger partial charge on any atom is -0.465 e. The number of benzene rings is 1. The van der Waals surface area contributed by atoms with Gasteiger partial charge in [0.25, 0.3) is 5.91 Å². The Morgan fingerprint density at radius 1 is 1.11 bits per heavy atom. The van der Waals surface area contributed by atoms with Crippen molar-refractivity contribution < 1.29 is 14.7 Å². The molecule has 1 saturated heterocycles. The quantitative estimate of drug-likeness (QED) is 0.683. The molecule has 0 aliphatic carbocycles. The van der Waals surface area contributed by atoms with E-state index in [0.717, 1.165) is 50.0 Å².